The summed E-state index contributed by atoms with van der Waals surface area (Å²) in [6, 6.07) is 8.60. The van der Waals surface area contributed by atoms with Crippen LogP contribution in [0.4, 0.5) is 11.5 Å². The number of aromatic amines is 1. The van der Waals surface area contributed by atoms with Gasteiger partial charge < -0.3 is 15.2 Å². The smallest absolute Gasteiger partial charge is 0.199 e. The Kier molecular flexibility index (Phi) is 2.82. The lowest BCUT2D eigenvalue weighted by atomic mass is 10.0. The van der Waals surface area contributed by atoms with Crippen LogP contribution >= 0.6 is 12.2 Å². The summed E-state index contributed by atoms with van der Waals surface area (Å²) in [5.41, 5.74) is 5.12. The quantitative estimate of drug-likeness (QED) is 0.790. The Labute approximate surface area is 122 Å². The summed E-state index contributed by atoms with van der Waals surface area (Å²) < 4.78 is 0.575. The first-order chi connectivity index (χ1) is 9.83. The van der Waals surface area contributed by atoms with E-state index in [9.17, 15) is 0 Å². The molecular weight excluding hydrogens is 268 g/mol. The molecule has 2 N–H and O–H groups in total. The van der Waals surface area contributed by atoms with Gasteiger partial charge in [0.25, 0.3) is 0 Å². The van der Waals surface area contributed by atoms with Crippen molar-refractivity contribution >= 4 is 23.7 Å². The number of para-hydroxylation sites is 1. The van der Waals surface area contributed by atoms with Crippen LogP contribution < -0.4 is 10.2 Å². The number of nitrogens with one attached hydrogen (secondary N) is 2. The third-order valence-corrected chi connectivity index (χ3v) is 4.26. The van der Waals surface area contributed by atoms with E-state index in [1.165, 1.54) is 22.5 Å². The van der Waals surface area contributed by atoms with Crippen LogP contribution in [0.2, 0.25) is 0 Å². The maximum absolute atomic E-state index is 5.29. The molecule has 0 amide bonds. The molecule has 0 spiro atoms. The second-order valence-corrected chi connectivity index (χ2v) is 5.70. The summed E-state index contributed by atoms with van der Waals surface area (Å²) in [6.07, 6.45) is 2.30. The Hall–Kier alpha value is -1.72. The van der Waals surface area contributed by atoms with Crippen LogP contribution in [-0.4, -0.2) is 16.5 Å². The van der Waals surface area contributed by atoms with E-state index in [0.29, 0.717) is 4.77 Å². The van der Waals surface area contributed by atoms with Crippen LogP contribution in [0.15, 0.2) is 24.3 Å². The van der Waals surface area contributed by atoms with Crippen LogP contribution in [0.3, 0.4) is 0 Å². The number of rotatable bonds is 1. The number of benzene rings is 1. The van der Waals surface area contributed by atoms with Crippen LogP contribution in [0.1, 0.15) is 23.2 Å². The lowest BCUT2D eigenvalue weighted by Gasteiger charge is -2.31. The summed E-state index contributed by atoms with van der Waals surface area (Å²) in [5, 5.41) is 3.37. The molecule has 1 aromatic heterocycles. The lowest BCUT2D eigenvalue weighted by molar-refractivity contribution is 0.745. The van der Waals surface area contributed by atoms with Gasteiger partial charge in [-0.05, 0) is 36.7 Å². The van der Waals surface area contributed by atoms with Gasteiger partial charge in [0.15, 0.2) is 4.77 Å². The SMILES string of the molecule is S=c1nc(N2CCCc3ccccc32)c2c([nH]1)CNC2. The highest BCUT2D eigenvalue weighted by molar-refractivity contribution is 7.71. The molecule has 0 saturated heterocycles. The standard InChI is InChI=1S/C15H16N4S/c20-15-17-12-9-16-8-11(12)14(18-15)19-7-3-5-10-4-1-2-6-13(10)19/h1-2,4,6,16H,3,5,7-9H2,(H,17,18,20). The van der Waals surface area contributed by atoms with Gasteiger partial charge in [0.05, 0.1) is 0 Å². The zero-order valence-electron chi connectivity index (χ0n) is 11.1. The number of nitrogens with zero attached hydrogens (tertiary/aromatic N) is 2. The molecule has 2 aromatic rings. The van der Waals surface area contributed by atoms with Crippen LogP contribution in [-0.2, 0) is 19.5 Å². The minimum atomic E-state index is 0.575. The van der Waals surface area contributed by atoms with Crippen molar-refractivity contribution in [2.45, 2.75) is 25.9 Å². The minimum Gasteiger partial charge on any atom is -0.333 e. The number of H-pyrrole nitrogens is 1. The Morgan fingerprint density at radius 2 is 2.10 bits per heavy atom. The number of hydrogen-bond acceptors (Lipinski definition) is 4. The molecule has 102 valence electrons. The average Bonchev–Trinajstić information content (AvgIpc) is 2.94. The fraction of sp³-hybridized carbons (Fsp3) is 0.333. The lowest BCUT2D eigenvalue weighted by Crippen LogP contribution is -2.26. The first-order valence-corrected chi connectivity index (χ1v) is 7.42. The summed E-state index contributed by atoms with van der Waals surface area (Å²) >= 11 is 5.29. The van der Waals surface area contributed by atoms with Crippen LogP contribution in [0.5, 0.6) is 0 Å². The number of aromatic nitrogens is 2. The van der Waals surface area contributed by atoms with Crippen molar-refractivity contribution < 1.29 is 0 Å². The summed E-state index contributed by atoms with van der Waals surface area (Å²) in [5.74, 6) is 1.03. The fourth-order valence-electron chi connectivity index (χ4n) is 3.16. The fourth-order valence-corrected chi connectivity index (χ4v) is 3.37. The van der Waals surface area contributed by atoms with Gasteiger partial charge in [0, 0.05) is 36.6 Å². The molecule has 0 aliphatic carbocycles. The Balaban J connectivity index is 1.89. The van der Waals surface area contributed by atoms with Gasteiger partial charge in [-0.1, -0.05) is 18.2 Å². The normalized spacial score (nSPS) is 16.9. The minimum absolute atomic E-state index is 0.575. The van der Waals surface area contributed by atoms with E-state index in [1.807, 2.05) is 0 Å². The molecule has 3 heterocycles. The molecule has 0 radical (unpaired) electrons. The highest BCUT2D eigenvalue weighted by atomic mass is 32.1. The van der Waals surface area contributed by atoms with Gasteiger partial charge in [-0.3, -0.25) is 0 Å². The van der Waals surface area contributed by atoms with Crippen molar-refractivity contribution in [3.05, 3.63) is 45.9 Å². The van der Waals surface area contributed by atoms with Gasteiger partial charge >= 0.3 is 0 Å². The van der Waals surface area contributed by atoms with Crippen molar-refractivity contribution in [1.29, 1.82) is 0 Å². The maximum Gasteiger partial charge on any atom is 0.199 e. The van der Waals surface area contributed by atoms with E-state index in [4.69, 9.17) is 12.2 Å². The zero-order chi connectivity index (χ0) is 13.5. The van der Waals surface area contributed by atoms with E-state index >= 15 is 0 Å². The molecule has 0 unspecified atom stereocenters. The molecule has 4 nitrogen and oxygen atoms in total. The van der Waals surface area contributed by atoms with E-state index in [2.05, 4.69) is 44.5 Å². The van der Waals surface area contributed by atoms with Gasteiger partial charge in [-0.25, -0.2) is 4.98 Å². The van der Waals surface area contributed by atoms with Crippen molar-refractivity contribution in [2.75, 3.05) is 11.4 Å². The highest BCUT2D eigenvalue weighted by Crippen LogP contribution is 2.35. The molecule has 0 saturated carbocycles. The molecule has 2 aliphatic heterocycles. The van der Waals surface area contributed by atoms with Crippen LogP contribution in [0, 0.1) is 4.77 Å². The molecule has 4 rings (SSSR count). The van der Waals surface area contributed by atoms with Crippen LogP contribution in [0.25, 0.3) is 0 Å². The largest absolute Gasteiger partial charge is 0.333 e. The monoisotopic (exact) mass is 284 g/mol. The maximum atomic E-state index is 5.29. The first kappa shape index (κ1) is 12.1. The summed E-state index contributed by atoms with van der Waals surface area (Å²) in [7, 11) is 0. The number of anilines is 2. The Bertz CT molecular complexity index is 722. The van der Waals surface area contributed by atoms with E-state index in [0.717, 1.165) is 38.3 Å². The number of hydrogen-bond donors (Lipinski definition) is 2. The molecule has 5 heteroatoms. The van der Waals surface area contributed by atoms with Crippen molar-refractivity contribution in [3.63, 3.8) is 0 Å². The summed E-state index contributed by atoms with van der Waals surface area (Å²) in [6.45, 7) is 2.72. The Morgan fingerprint density at radius 3 is 3.05 bits per heavy atom. The van der Waals surface area contributed by atoms with Gasteiger partial charge in [-0.2, -0.15) is 0 Å². The molecule has 1 aromatic carbocycles. The van der Waals surface area contributed by atoms with E-state index < -0.39 is 0 Å². The topological polar surface area (TPSA) is 44.0 Å². The van der Waals surface area contributed by atoms with Crippen molar-refractivity contribution in [1.82, 2.24) is 15.3 Å². The molecule has 0 bridgehead atoms. The average molecular weight is 284 g/mol. The van der Waals surface area contributed by atoms with E-state index in [-0.39, 0.29) is 0 Å². The molecule has 20 heavy (non-hydrogen) atoms. The van der Waals surface area contributed by atoms with Gasteiger partial charge in [0.1, 0.15) is 5.82 Å². The Morgan fingerprint density at radius 1 is 1.20 bits per heavy atom. The highest BCUT2D eigenvalue weighted by Gasteiger charge is 2.24. The first-order valence-electron chi connectivity index (χ1n) is 7.01. The number of fused-ring (bicyclic) bond motifs is 2. The predicted molar refractivity (Wildman–Crippen MR) is 81.7 cm³/mol. The molecule has 0 atom stereocenters. The second kappa shape index (κ2) is 4.68. The van der Waals surface area contributed by atoms with Gasteiger partial charge in [-0.15, -0.1) is 0 Å². The summed E-state index contributed by atoms with van der Waals surface area (Å²) in [4.78, 5) is 10.1. The van der Waals surface area contributed by atoms with Crippen molar-refractivity contribution in [3.8, 4) is 0 Å². The third-order valence-electron chi connectivity index (χ3n) is 4.07. The third kappa shape index (κ3) is 1.85. The van der Waals surface area contributed by atoms with E-state index in [1.54, 1.807) is 0 Å². The molecular formula is C15H16N4S. The zero-order valence-corrected chi connectivity index (χ0v) is 12.0. The predicted octanol–water partition coefficient (Wildman–Crippen LogP) is 2.83. The molecule has 2 aliphatic rings. The molecule has 0 fully saturated rings. The number of aryl methyl sites for hydroxylation is 1. The second-order valence-electron chi connectivity index (χ2n) is 5.31. The van der Waals surface area contributed by atoms with Crippen molar-refractivity contribution in [2.24, 2.45) is 0 Å². The van der Waals surface area contributed by atoms with Gasteiger partial charge in [0.2, 0.25) is 0 Å².